The van der Waals surface area contributed by atoms with Gasteiger partial charge in [-0.1, -0.05) is 23.7 Å². The zero-order valence-corrected chi connectivity index (χ0v) is 17.9. The number of hydrogen-bond acceptors (Lipinski definition) is 5. The Balaban J connectivity index is 0.00000261. The van der Waals surface area contributed by atoms with Crippen molar-refractivity contribution in [1.29, 1.82) is 0 Å². The molecule has 0 spiro atoms. The summed E-state index contributed by atoms with van der Waals surface area (Å²) in [6.07, 6.45) is -3.16. The van der Waals surface area contributed by atoms with Gasteiger partial charge in [0.1, 0.15) is 11.9 Å². The van der Waals surface area contributed by atoms with Crippen LogP contribution in [-0.4, -0.2) is 84.5 Å². The molecule has 0 bridgehead atoms. The topological polar surface area (TPSA) is 75.5 Å². The molecule has 0 saturated carbocycles. The quantitative estimate of drug-likeness (QED) is 0.628. The molecule has 0 saturated heterocycles. The molecule has 137 valence electrons. The molecule has 0 aliphatic rings. The van der Waals surface area contributed by atoms with Crippen molar-refractivity contribution in [2.75, 3.05) is 6.61 Å². The largest absolute Gasteiger partial charge is 0.573 e. The van der Waals surface area contributed by atoms with E-state index in [2.05, 4.69) is 14.7 Å². The van der Waals surface area contributed by atoms with E-state index in [4.69, 9.17) is 11.6 Å². The summed E-state index contributed by atoms with van der Waals surface area (Å²) >= 11 is 6.24. The third kappa shape index (κ3) is 5.18. The van der Waals surface area contributed by atoms with Crippen molar-refractivity contribution < 1.29 is 28.1 Å². The maximum absolute atomic E-state index is 12.3. The molecule has 5 nitrogen and oxygen atoms in total. The van der Waals surface area contributed by atoms with E-state index in [1.165, 1.54) is 42.7 Å². The average molecular weight is 424 g/mol. The van der Waals surface area contributed by atoms with Crippen LogP contribution in [0.4, 0.5) is 13.2 Å². The molecule has 0 fully saturated rings. The molecule has 10 heteroatoms. The second-order valence-electron chi connectivity index (χ2n) is 5.34. The van der Waals surface area contributed by atoms with E-state index < -0.39 is 19.1 Å². The molecule has 2 aromatic carbocycles. The Hall–Kier alpha value is -0.784. The van der Waals surface area contributed by atoms with Gasteiger partial charge in [0.05, 0.1) is 17.6 Å². The molecule has 0 amide bonds. The van der Waals surface area contributed by atoms with Crippen molar-refractivity contribution in [2.24, 2.45) is 0 Å². The van der Waals surface area contributed by atoms with Crippen LogP contribution in [-0.2, 0) is 0 Å². The van der Waals surface area contributed by atoms with Gasteiger partial charge in [0.25, 0.3) is 0 Å². The summed E-state index contributed by atoms with van der Waals surface area (Å²) in [7, 11) is 0. The Labute approximate surface area is 199 Å². The summed E-state index contributed by atoms with van der Waals surface area (Å²) in [6.45, 7) is -0.547. The second-order valence-corrected chi connectivity index (χ2v) is 5.75. The van der Waals surface area contributed by atoms with E-state index >= 15 is 0 Å². The number of aliphatic hydroxyl groups is 2. The van der Waals surface area contributed by atoms with Crippen LogP contribution in [0.15, 0.2) is 42.7 Å². The van der Waals surface area contributed by atoms with Gasteiger partial charge >= 0.3 is 6.36 Å². The summed E-state index contributed by atoms with van der Waals surface area (Å²) in [5.74, 6) is -0.352. The van der Waals surface area contributed by atoms with Crippen molar-refractivity contribution in [3.05, 3.63) is 53.3 Å². The first-order chi connectivity index (χ1) is 12.3. The first kappa shape index (κ1) is 22.5. The van der Waals surface area contributed by atoms with Gasteiger partial charge in [-0.15, -0.1) is 13.2 Å². The normalized spacial score (nSPS) is 12.5. The Morgan fingerprint density at radius 3 is 2.22 bits per heavy atom. The van der Waals surface area contributed by atoms with Crippen LogP contribution in [0.2, 0.25) is 5.02 Å². The predicted molar refractivity (Wildman–Crippen MR) is 94.5 cm³/mol. The van der Waals surface area contributed by atoms with Crippen LogP contribution in [0.5, 0.6) is 5.75 Å². The zero-order valence-electron chi connectivity index (χ0n) is 14.0. The van der Waals surface area contributed by atoms with Gasteiger partial charge in [-0.3, -0.25) is 9.97 Å². The standard InChI is InChI=1S/C17H12ClF3N2O3.K/c18-12-7-11(9-1-3-10(4-2-9)26-17(19,20)21)15-16(23-6-5-22-15)14(12)13(25)8-24;/h1-7,13,24-25H,8H2;. The Morgan fingerprint density at radius 2 is 1.67 bits per heavy atom. The number of hydrogen-bond donors (Lipinski definition) is 2. The monoisotopic (exact) mass is 423 g/mol. The average Bonchev–Trinajstić information content (AvgIpc) is 2.60. The smallest absolute Gasteiger partial charge is 0.406 e. The summed E-state index contributed by atoms with van der Waals surface area (Å²) in [6, 6.07) is 6.74. The number of aliphatic hydroxyl groups excluding tert-OH is 2. The fraction of sp³-hybridized carbons (Fsp3) is 0.176. The molecular formula is C17H12ClF3KN2O3. The molecule has 1 atom stereocenters. The van der Waals surface area contributed by atoms with E-state index in [0.29, 0.717) is 22.2 Å². The first-order valence-electron chi connectivity index (χ1n) is 7.38. The molecule has 2 N–H and O–H groups in total. The van der Waals surface area contributed by atoms with Gasteiger partial charge < -0.3 is 14.9 Å². The molecule has 1 radical (unpaired) electrons. The summed E-state index contributed by atoms with van der Waals surface area (Å²) in [5, 5.41) is 19.4. The van der Waals surface area contributed by atoms with Crippen LogP contribution >= 0.6 is 11.6 Å². The molecule has 1 aromatic heterocycles. The molecule has 1 unspecified atom stereocenters. The van der Waals surface area contributed by atoms with Gasteiger partial charge in [0.2, 0.25) is 0 Å². The number of fused-ring (bicyclic) bond motifs is 1. The molecule has 27 heavy (non-hydrogen) atoms. The third-order valence-electron chi connectivity index (χ3n) is 3.64. The maximum Gasteiger partial charge on any atom is 0.573 e. The number of ether oxygens (including phenoxy) is 1. The SMILES string of the molecule is OCC(O)c1c(Cl)cc(-c2ccc(OC(F)(F)F)cc2)c2nccnc12.[K]. The van der Waals surface area contributed by atoms with Crippen LogP contribution in [0.3, 0.4) is 0 Å². The van der Waals surface area contributed by atoms with Gasteiger partial charge in [0.15, 0.2) is 0 Å². The third-order valence-corrected chi connectivity index (χ3v) is 3.95. The van der Waals surface area contributed by atoms with E-state index in [9.17, 15) is 23.4 Å². The van der Waals surface area contributed by atoms with Gasteiger partial charge in [-0.2, -0.15) is 0 Å². The fourth-order valence-corrected chi connectivity index (χ4v) is 2.91. The number of nitrogens with zero attached hydrogens (tertiary/aromatic N) is 2. The van der Waals surface area contributed by atoms with Crippen molar-refractivity contribution in [3.8, 4) is 16.9 Å². The number of aromatic nitrogens is 2. The van der Waals surface area contributed by atoms with Crippen molar-refractivity contribution in [2.45, 2.75) is 12.5 Å². The van der Waals surface area contributed by atoms with E-state index in [-0.39, 0.29) is 67.7 Å². The van der Waals surface area contributed by atoms with Crippen LogP contribution in [0.1, 0.15) is 11.7 Å². The Bertz CT molecular complexity index is 939. The molecule has 3 aromatic rings. The van der Waals surface area contributed by atoms with E-state index in [1.54, 1.807) is 0 Å². The van der Waals surface area contributed by atoms with Crippen LogP contribution in [0.25, 0.3) is 22.2 Å². The Kier molecular flexibility index (Phi) is 7.62. The minimum absolute atomic E-state index is 0. The molecule has 0 aliphatic heterocycles. The molecule has 0 aliphatic carbocycles. The zero-order chi connectivity index (χ0) is 18.9. The van der Waals surface area contributed by atoms with Gasteiger partial charge in [-0.05, 0) is 23.8 Å². The molecule has 1 heterocycles. The first-order valence-corrected chi connectivity index (χ1v) is 7.76. The maximum atomic E-state index is 12.3. The van der Waals surface area contributed by atoms with Crippen molar-refractivity contribution in [1.82, 2.24) is 9.97 Å². The van der Waals surface area contributed by atoms with Crippen molar-refractivity contribution in [3.63, 3.8) is 0 Å². The van der Waals surface area contributed by atoms with E-state index in [0.717, 1.165) is 0 Å². The predicted octanol–water partition coefficient (Wildman–Crippen LogP) is 3.49. The summed E-state index contributed by atoms with van der Waals surface area (Å²) < 4.78 is 40.7. The minimum Gasteiger partial charge on any atom is -0.406 e. The van der Waals surface area contributed by atoms with Gasteiger partial charge in [-0.25, -0.2) is 0 Å². The second kappa shape index (κ2) is 9.14. The molecular weight excluding hydrogens is 412 g/mol. The summed E-state index contributed by atoms with van der Waals surface area (Å²) in [5.41, 5.74) is 1.98. The number of rotatable bonds is 4. The van der Waals surface area contributed by atoms with Crippen LogP contribution in [0, 0.1) is 0 Å². The summed E-state index contributed by atoms with van der Waals surface area (Å²) in [4.78, 5) is 8.40. The van der Waals surface area contributed by atoms with E-state index in [1.807, 2.05) is 0 Å². The Morgan fingerprint density at radius 1 is 1.07 bits per heavy atom. The van der Waals surface area contributed by atoms with Crippen molar-refractivity contribution >= 4 is 74.0 Å². The van der Waals surface area contributed by atoms with Gasteiger partial charge in [0, 0.05) is 79.9 Å². The fourth-order valence-electron chi connectivity index (χ4n) is 2.58. The number of halogens is 4. The minimum atomic E-state index is -4.77. The van der Waals surface area contributed by atoms with Crippen LogP contribution < -0.4 is 4.74 Å². The molecule has 3 rings (SSSR count). The number of alkyl halides is 3. The number of benzene rings is 2.